The molecule has 138 valence electrons. The van der Waals surface area contributed by atoms with Crippen molar-refractivity contribution in [3.8, 4) is 5.75 Å². The number of carbonyl (C=O) groups is 2. The van der Waals surface area contributed by atoms with Crippen LogP contribution in [-0.2, 0) is 0 Å². The summed E-state index contributed by atoms with van der Waals surface area (Å²) in [6.45, 7) is 0. The molecule has 0 unspecified atom stereocenters. The Hall–Kier alpha value is -3.61. The van der Waals surface area contributed by atoms with E-state index in [1.165, 1.54) is 24.1 Å². The minimum Gasteiger partial charge on any atom is -0.495 e. The zero-order valence-corrected chi connectivity index (χ0v) is 15.1. The van der Waals surface area contributed by atoms with Crippen molar-refractivity contribution in [2.24, 2.45) is 0 Å². The fourth-order valence-corrected chi connectivity index (χ4v) is 2.61. The highest BCUT2D eigenvalue weighted by atomic mass is 16.5. The molecule has 1 heterocycles. The third-order valence-electron chi connectivity index (χ3n) is 3.99. The fourth-order valence-electron chi connectivity index (χ4n) is 2.61. The molecule has 0 aliphatic carbocycles. The van der Waals surface area contributed by atoms with Crippen LogP contribution in [0.3, 0.4) is 0 Å². The Morgan fingerprint density at radius 2 is 1.81 bits per heavy atom. The number of hydrogen-bond acceptors (Lipinski definition) is 5. The van der Waals surface area contributed by atoms with Gasteiger partial charge in [0.25, 0.3) is 11.8 Å². The van der Waals surface area contributed by atoms with Crippen LogP contribution < -0.4 is 15.7 Å². The molecule has 7 nitrogen and oxygen atoms in total. The summed E-state index contributed by atoms with van der Waals surface area (Å²) < 4.78 is 10.4. The van der Waals surface area contributed by atoms with E-state index in [1.54, 1.807) is 50.5 Å². The molecule has 2 aromatic carbocycles. The van der Waals surface area contributed by atoms with Crippen molar-refractivity contribution < 1.29 is 18.7 Å². The normalized spacial score (nSPS) is 10.5. The summed E-state index contributed by atoms with van der Waals surface area (Å²) in [5, 5.41) is 3.25. The maximum Gasteiger partial charge on any atom is 0.349 e. The molecule has 0 bridgehead atoms. The fraction of sp³-hybridized carbons (Fsp3) is 0.150. The number of para-hydroxylation sites is 1. The predicted molar refractivity (Wildman–Crippen MR) is 101 cm³/mol. The Balaban J connectivity index is 1.98. The molecule has 2 amide bonds. The van der Waals surface area contributed by atoms with E-state index in [0.29, 0.717) is 22.3 Å². The first kappa shape index (κ1) is 18.2. The quantitative estimate of drug-likeness (QED) is 0.717. The second-order valence-corrected chi connectivity index (χ2v) is 6.05. The maximum absolute atomic E-state index is 12.6. The number of methoxy groups -OCH3 is 1. The van der Waals surface area contributed by atoms with Gasteiger partial charge in [-0.15, -0.1) is 0 Å². The third kappa shape index (κ3) is 3.67. The molecule has 0 fully saturated rings. The number of ether oxygens (including phenoxy) is 1. The van der Waals surface area contributed by atoms with Crippen LogP contribution >= 0.6 is 0 Å². The van der Waals surface area contributed by atoms with Crippen LogP contribution in [0, 0.1) is 0 Å². The molecular formula is C20H18N2O5. The molecule has 0 saturated carbocycles. The number of benzene rings is 2. The van der Waals surface area contributed by atoms with Crippen molar-refractivity contribution in [1.82, 2.24) is 4.90 Å². The molecule has 3 aromatic rings. The lowest BCUT2D eigenvalue weighted by atomic mass is 10.1. The molecule has 0 saturated heterocycles. The number of nitrogens with zero attached hydrogens (tertiary/aromatic N) is 1. The van der Waals surface area contributed by atoms with Crippen LogP contribution in [0.5, 0.6) is 5.75 Å². The lowest BCUT2D eigenvalue weighted by molar-refractivity contribution is 0.0827. The topological polar surface area (TPSA) is 88.8 Å². The van der Waals surface area contributed by atoms with Crippen LogP contribution in [0.4, 0.5) is 5.69 Å². The van der Waals surface area contributed by atoms with Gasteiger partial charge in [-0.25, -0.2) is 4.79 Å². The number of fused-ring (bicyclic) bond motifs is 1. The minimum absolute atomic E-state index is 0.139. The number of anilines is 1. The van der Waals surface area contributed by atoms with E-state index in [2.05, 4.69) is 5.32 Å². The molecule has 0 aliphatic heterocycles. The Morgan fingerprint density at radius 1 is 1.07 bits per heavy atom. The van der Waals surface area contributed by atoms with Gasteiger partial charge >= 0.3 is 5.63 Å². The van der Waals surface area contributed by atoms with Crippen molar-refractivity contribution >= 4 is 28.5 Å². The summed E-state index contributed by atoms with van der Waals surface area (Å²) in [4.78, 5) is 38.4. The third-order valence-corrected chi connectivity index (χ3v) is 3.99. The number of carbonyl (C=O) groups excluding carboxylic acids is 2. The Labute approximate surface area is 155 Å². The average Bonchev–Trinajstić information content (AvgIpc) is 2.66. The number of rotatable bonds is 4. The summed E-state index contributed by atoms with van der Waals surface area (Å²) >= 11 is 0. The molecule has 0 atom stereocenters. The highest BCUT2D eigenvalue weighted by Gasteiger charge is 2.17. The maximum atomic E-state index is 12.6. The van der Waals surface area contributed by atoms with Crippen LogP contribution in [0.1, 0.15) is 20.7 Å². The summed E-state index contributed by atoms with van der Waals surface area (Å²) in [6, 6.07) is 13.1. The van der Waals surface area contributed by atoms with Crippen molar-refractivity contribution in [1.29, 1.82) is 0 Å². The van der Waals surface area contributed by atoms with E-state index >= 15 is 0 Å². The summed E-state index contributed by atoms with van der Waals surface area (Å²) in [5.41, 5.74) is 0.172. The van der Waals surface area contributed by atoms with Crippen molar-refractivity contribution in [3.63, 3.8) is 0 Å². The number of hydrogen-bond donors (Lipinski definition) is 1. The monoisotopic (exact) mass is 366 g/mol. The van der Waals surface area contributed by atoms with Crippen LogP contribution in [0.15, 0.2) is 57.7 Å². The SMILES string of the molecule is COc1ccc(C(=O)N(C)C)cc1NC(=O)c1cc2ccccc2oc1=O. The average molecular weight is 366 g/mol. The Kier molecular flexibility index (Phi) is 4.94. The molecule has 0 aliphatic rings. The molecule has 7 heteroatoms. The van der Waals surface area contributed by atoms with Crippen LogP contribution in [0.25, 0.3) is 11.0 Å². The highest BCUT2D eigenvalue weighted by Crippen LogP contribution is 2.26. The summed E-state index contributed by atoms with van der Waals surface area (Å²) in [6.07, 6.45) is 0. The van der Waals surface area contributed by atoms with Gasteiger partial charge in [0.1, 0.15) is 16.9 Å². The molecule has 27 heavy (non-hydrogen) atoms. The zero-order valence-electron chi connectivity index (χ0n) is 15.1. The van der Waals surface area contributed by atoms with Gasteiger partial charge in [0.15, 0.2) is 0 Å². The Bertz CT molecular complexity index is 1090. The van der Waals surface area contributed by atoms with E-state index in [4.69, 9.17) is 9.15 Å². The predicted octanol–water partition coefficient (Wildman–Crippen LogP) is 2.76. The molecule has 1 N–H and O–H groups in total. The zero-order chi connectivity index (χ0) is 19.6. The smallest absolute Gasteiger partial charge is 0.349 e. The van der Waals surface area contributed by atoms with Crippen molar-refractivity contribution in [3.05, 3.63) is 70.1 Å². The van der Waals surface area contributed by atoms with Crippen molar-refractivity contribution in [2.75, 3.05) is 26.5 Å². The Morgan fingerprint density at radius 3 is 2.52 bits per heavy atom. The molecule has 0 radical (unpaired) electrons. The van der Waals surface area contributed by atoms with Gasteiger partial charge in [-0.05, 0) is 30.3 Å². The van der Waals surface area contributed by atoms with Crippen LogP contribution in [-0.4, -0.2) is 37.9 Å². The van der Waals surface area contributed by atoms with E-state index in [9.17, 15) is 14.4 Å². The molecular weight excluding hydrogens is 348 g/mol. The minimum atomic E-state index is -0.745. The second kappa shape index (κ2) is 7.33. The first-order chi connectivity index (χ1) is 12.9. The van der Waals surface area contributed by atoms with E-state index in [-0.39, 0.29) is 17.2 Å². The highest BCUT2D eigenvalue weighted by molar-refractivity contribution is 6.07. The second-order valence-electron chi connectivity index (χ2n) is 6.05. The molecule has 0 spiro atoms. The number of amides is 2. The molecule has 1 aromatic heterocycles. The lowest BCUT2D eigenvalue weighted by Crippen LogP contribution is -2.23. The standard InChI is InChI=1S/C20H18N2O5/c1-22(2)19(24)13-8-9-17(26-3)15(11-13)21-18(23)14-10-12-6-4-5-7-16(12)27-20(14)25/h4-11H,1-3H3,(H,21,23). The van der Waals surface area contributed by atoms with Gasteiger partial charge in [0.05, 0.1) is 12.8 Å². The first-order valence-electron chi connectivity index (χ1n) is 8.14. The largest absolute Gasteiger partial charge is 0.495 e. The summed E-state index contributed by atoms with van der Waals surface area (Å²) in [5.74, 6) is -0.510. The summed E-state index contributed by atoms with van der Waals surface area (Å²) in [7, 11) is 4.71. The van der Waals surface area contributed by atoms with Gasteiger partial charge < -0.3 is 19.4 Å². The van der Waals surface area contributed by atoms with E-state index < -0.39 is 11.5 Å². The van der Waals surface area contributed by atoms with Gasteiger partial charge in [-0.2, -0.15) is 0 Å². The molecule has 3 rings (SSSR count). The van der Waals surface area contributed by atoms with Gasteiger partial charge in [0, 0.05) is 25.0 Å². The van der Waals surface area contributed by atoms with Gasteiger partial charge in [-0.1, -0.05) is 18.2 Å². The first-order valence-corrected chi connectivity index (χ1v) is 8.14. The van der Waals surface area contributed by atoms with Gasteiger partial charge in [0.2, 0.25) is 0 Å². The van der Waals surface area contributed by atoms with Gasteiger partial charge in [-0.3, -0.25) is 9.59 Å². The van der Waals surface area contributed by atoms with Crippen LogP contribution in [0.2, 0.25) is 0 Å². The lowest BCUT2D eigenvalue weighted by Gasteiger charge is -2.14. The van der Waals surface area contributed by atoms with E-state index in [0.717, 1.165) is 0 Å². The van der Waals surface area contributed by atoms with Crippen molar-refractivity contribution in [2.45, 2.75) is 0 Å². The van der Waals surface area contributed by atoms with E-state index in [1.807, 2.05) is 0 Å². The number of nitrogens with one attached hydrogen (secondary N) is 1.